The Balaban J connectivity index is 2.09. The van der Waals surface area contributed by atoms with Crippen LogP contribution < -0.4 is 10.2 Å². The highest BCUT2D eigenvalue weighted by Gasteiger charge is 2.20. The highest BCUT2D eigenvalue weighted by molar-refractivity contribution is 5.54. The Morgan fingerprint density at radius 3 is 2.79 bits per heavy atom. The Hall–Kier alpha value is -1.02. The zero-order valence-electron chi connectivity index (χ0n) is 12.5. The molecule has 0 amide bonds. The normalized spacial score (nSPS) is 19.1. The van der Waals surface area contributed by atoms with Gasteiger partial charge in [0.15, 0.2) is 0 Å². The van der Waals surface area contributed by atoms with Crippen LogP contribution in [0.25, 0.3) is 0 Å². The second kappa shape index (κ2) is 7.54. The molecule has 0 aliphatic carbocycles. The minimum absolute atomic E-state index is 0.638. The van der Waals surface area contributed by atoms with Crippen LogP contribution in [-0.4, -0.2) is 19.1 Å². The van der Waals surface area contributed by atoms with Crippen molar-refractivity contribution in [1.29, 1.82) is 0 Å². The smallest absolute Gasteiger partial charge is 0.0412 e. The molecule has 1 aromatic carbocycles. The Morgan fingerprint density at radius 2 is 2.00 bits per heavy atom. The first-order chi connectivity index (χ1) is 9.35. The number of benzene rings is 1. The van der Waals surface area contributed by atoms with Crippen LogP contribution in [0.4, 0.5) is 5.69 Å². The van der Waals surface area contributed by atoms with Crippen LogP contribution >= 0.6 is 0 Å². The van der Waals surface area contributed by atoms with E-state index in [9.17, 15) is 0 Å². The monoisotopic (exact) mass is 260 g/mol. The van der Waals surface area contributed by atoms with Gasteiger partial charge in [0.25, 0.3) is 0 Å². The summed E-state index contributed by atoms with van der Waals surface area (Å²) in [4.78, 5) is 2.60. The average molecular weight is 260 g/mol. The highest BCUT2D eigenvalue weighted by Crippen LogP contribution is 2.24. The summed E-state index contributed by atoms with van der Waals surface area (Å²) >= 11 is 0. The second-order valence-corrected chi connectivity index (χ2v) is 5.65. The minimum atomic E-state index is 0.638. The van der Waals surface area contributed by atoms with Crippen LogP contribution in [0.3, 0.4) is 0 Å². The largest absolute Gasteiger partial charge is 0.370 e. The third-order valence-electron chi connectivity index (χ3n) is 4.02. The van der Waals surface area contributed by atoms with E-state index < -0.39 is 0 Å². The second-order valence-electron chi connectivity index (χ2n) is 5.65. The Bertz CT molecular complexity index is 375. The molecule has 1 aromatic rings. The molecule has 0 saturated carbocycles. The van der Waals surface area contributed by atoms with Gasteiger partial charge < -0.3 is 10.2 Å². The molecule has 1 atom stereocenters. The zero-order chi connectivity index (χ0) is 13.5. The van der Waals surface area contributed by atoms with E-state index in [4.69, 9.17) is 0 Å². The van der Waals surface area contributed by atoms with Crippen LogP contribution in [0.5, 0.6) is 0 Å². The summed E-state index contributed by atoms with van der Waals surface area (Å²) in [6, 6.07) is 9.52. The molecule has 1 heterocycles. The minimum Gasteiger partial charge on any atom is -0.370 e. The van der Waals surface area contributed by atoms with Crippen molar-refractivity contribution in [2.75, 3.05) is 18.0 Å². The Morgan fingerprint density at radius 1 is 1.16 bits per heavy atom. The standard InChI is InChI=1S/C17H28N2/c1-3-5-8-12-19-14-16(9-4-2)18-13-15-10-6-7-11-17(15)19/h6-7,10-11,16,18H,3-5,8-9,12-14H2,1-2H3. The third-order valence-corrected chi connectivity index (χ3v) is 4.02. The van der Waals surface area contributed by atoms with Gasteiger partial charge in [0.1, 0.15) is 0 Å². The van der Waals surface area contributed by atoms with Gasteiger partial charge in [0.2, 0.25) is 0 Å². The van der Waals surface area contributed by atoms with E-state index in [0.717, 1.165) is 13.1 Å². The number of hydrogen-bond donors (Lipinski definition) is 1. The molecule has 1 aliphatic heterocycles. The molecule has 1 N–H and O–H groups in total. The average Bonchev–Trinajstić information content (AvgIpc) is 2.60. The molecule has 19 heavy (non-hydrogen) atoms. The van der Waals surface area contributed by atoms with Crippen molar-refractivity contribution in [3.05, 3.63) is 29.8 Å². The number of unbranched alkanes of at least 4 members (excludes halogenated alkanes) is 2. The number of anilines is 1. The molecule has 0 bridgehead atoms. The van der Waals surface area contributed by atoms with Gasteiger partial charge in [-0.1, -0.05) is 51.3 Å². The van der Waals surface area contributed by atoms with E-state index >= 15 is 0 Å². The van der Waals surface area contributed by atoms with Crippen LogP contribution in [-0.2, 0) is 6.54 Å². The lowest BCUT2D eigenvalue weighted by Gasteiger charge is -2.27. The molecule has 1 aliphatic rings. The van der Waals surface area contributed by atoms with Crippen LogP contribution in [0.15, 0.2) is 24.3 Å². The quantitative estimate of drug-likeness (QED) is 0.779. The summed E-state index contributed by atoms with van der Waals surface area (Å²) in [7, 11) is 0. The fourth-order valence-corrected chi connectivity index (χ4v) is 2.96. The fraction of sp³-hybridized carbons (Fsp3) is 0.647. The molecule has 2 rings (SSSR count). The van der Waals surface area contributed by atoms with Crippen molar-refractivity contribution < 1.29 is 0 Å². The number of hydrogen-bond acceptors (Lipinski definition) is 2. The van der Waals surface area contributed by atoms with E-state index in [-0.39, 0.29) is 0 Å². The van der Waals surface area contributed by atoms with Crippen LogP contribution in [0.2, 0.25) is 0 Å². The van der Waals surface area contributed by atoms with E-state index in [1.807, 2.05) is 0 Å². The van der Waals surface area contributed by atoms with Gasteiger partial charge >= 0.3 is 0 Å². The van der Waals surface area contributed by atoms with E-state index in [2.05, 4.69) is 48.3 Å². The SMILES string of the molecule is CCCCCN1CC(CCC)NCc2ccccc21. The molecule has 2 nitrogen and oxygen atoms in total. The Kier molecular flexibility index (Phi) is 5.71. The molecule has 0 fully saturated rings. The predicted molar refractivity (Wildman–Crippen MR) is 83.7 cm³/mol. The van der Waals surface area contributed by atoms with E-state index in [0.29, 0.717) is 6.04 Å². The number of fused-ring (bicyclic) bond motifs is 1. The Labute approximate surface area is 118 Å². The summed E-state index contributed by atoms with van der Waals surface area (Å²) in [5.74, 6) is 0. The molecule has 106 valence electrons. The molecule has 0 saturated heterocycles. The van der Waals surface area contributed by atoms with E-state index in [1.165, 1.54) is 49.9 Å². The van der Waals surface area contributed by atoms with Gasteiger partial charge in [-0.2, -0.15) is 0 Å². The maximum absolute atomic E-state index is 3.72. The number of nitrogens with zero attached hydrogens (tertiary/aromatic N) is 1. The third kappa shape index (κ3) is 3.97. The van der Waals surface area contributed by atoms with Crippen LogP contribution in [0.1, 0.15) is 51.5 Å². The van der Waals surface area contributed by atoms with Crippen LogP contribution in [0, 0.1) is 0 Å². The lowest BCUT2D eigenvalue weighted by Crippen LogP contribution is -2.38. The van der Waals surface area contributed by atoms with Crippen molar-refractivity contribution in [3.63, 3.8) is 0 Å². The predicted octanol–water partition coefficient (Wildman–Crippen LogP) is 3.96. The molecule has 1 unspecified atom stereocenters. The fourth-order valence-electron chi connectivity index (χ4n) is 2.96. The van der Waals surface area contributed by atoms with Gasteiger partial charge in [-0.05, 0) is 24.5 Å². The van der Waals surface area contributed by atoms with Crippen molar-refractivity contribution >= 4 is 5.69 Å². The molecule has 0 radical (unpaired) electrons. The summed E-state index contributed by atoms with van der Waals surface area (Å²) in [6.07, 6.45) is 6.48. The molecular formula is C17H28N2. The van der Waals surface area contributed by atoms with Gasteiger partial charge in [-0.3, -0.25) is 0 Å². The number of nitrogens with one attached hydrogen (secondary N) is 1. The molecular weight excluding hydrogens is 232 g/mol. The summed E-state index contributed by atoms with van der Waals surface area (Å²) in [5, 5.41) is 3.72. The number of para-hydroxylation sites is 1. The first-order valence-electron chi connectivity index (χ1n) is 7.91. The van der Waals surface area contributed by atoms with Crippen molar-refractivity contribution in [3.8, 4) is 0 Å². The first kappa shape index (κ1) is 14.4. The van der Waals surface area contributed by atoms with Gasteiger partial charge in [-0.15, -0.1) is 0 Å². The summed E-state index contributed by atoms with van der Waals surface area (Å²) in [6.45, 7) is 7.94. The molecule has 0 spiro atoms. The topological polar surface area (TPSA) is 15.3 Å². The first-order valence-corrected chi connectivity index (χ1v) is 7.91. The maximum atomic E-state index is 3.72. The zero-order valence-corrected chi connectivity index (χ0v) is 12.5. The molecule has 0 aromatic heterocycles. The van der Waals surface area contributed by atoms with Gasteiger partial charge in [0.05, 0.1) is 0 Å². The van der Waals surface area contributed by atoms with Crippen molar-refractivity contribution in [2.45, 2.75) is 58.5 Å². The van der Waals surface area contributed by atoms with Crippen molar-refractivity contribution in [2.24, 2.45) is 0 Å². The number of rotatable bonds is 6. The maximum Gasteiger partial charge on any atom is 0.0412 e. The molecule has 2 heteroatoms. The van der Waals surface area contributed by atoms with Gasteiger partial charge in [0, 0.05) is 31.4 Å². The van der Waals surface area contributed by atoms with Gasteiger partial charge in [-0.25, -0.2) is 0 Å². The van der Waals surface area contributed by atoms with Crippen molar-refractivity contribution in [1.82, 2.24) is 5.32 Å². The highest BCUT2D eigenvalue weighted by atomic mass is 15.2. The lowest BCUT2D eigenvalue weighted by atomic mass is 10.1. The van der Waals surface area contributed by atoms with E-state index in [1.54, 1.807) is 0 Å². The summed E-state index contributed by atoms with van der Waals surface area (Å²) < 4.78 is 0. The lowest BCUT2D eigenvalue weighted by molar-refractivity contribution is 0.477. The summed E-state index contributed by atoms with van der Waals surface area (Å²) in [5.41, 5.74) is 2.90.